The van der Waals surface area contributed by atoms with Gasteiger partial charge in [0.15, 0.2) is 5.82 Å². The number of amides is 1. The predicted molar refractivity (Wildman–Crippen MR) is 99.9 cm³/mol. The van der Waals surface area contributed by atoms with Crippen LogP contribution in [0.4, 0.5) is 16.0 Å². The lowest BCUT2D eigenvalue weighted by Gasteiger charge is -2.12. The number of aromatic nitrogens is 2. The van der Waals surface area contributed by atoms with Crippen molar-refractivity contribution in [1.82, 2.24) is 9.97 Å². The highest BCUT2D eigenvalue weighted by atomic mass is 19.1. The second-order valence-corrected chi connectivity index (χ2v) is 6.66. The number of rotatable bonds is 3. The minimum atomic E-state index is -0.521. The summed E-state index contributed by atoms with van der Waals surface area (Å²) in [4.78, 5) is 20.5. The summed E-state index contributed by atoms with van der Waals surface area (Å²) < 4.78 is 15.2. The van der Waals surface area contributed by atoms with Crippen molar-refractivity contribution in [3.8, 4) is 17.3 Å². The van der Waals surface area contributed by atoms with Gasteiger partial charge in [-0.15, -0.1) is 0 Å². The van der Waals surface area contributed by atoms with Crippen molar-refractivity contribution in [3.63, 3.8) is 0 Å². The van der Waals surface area contributed by atoms with E-state index in [0.717, 1.165) is 5.56 Å². The van der Waals surface area contributed by atoms with E-state index in [-0.39, 0.29) is 40.5 Å². The van der Waals surface area contributed by atoms with Crippen LogP contribution < -0.4 is 11.1 Å². The van der Waals surface area contributed by atoms with Crippen molar-refractivity contribution in [2.75, 3.05) is 11.1 Å². The zero-order valence-electron chi connectivity index (χ0n) is 14.5. The molecule has 1 aliphatic rings. The van der Waals surface area contributed by atoms with Crippen LogP contribution in [-0.2, 0) is 4.79 Å². The number of hydrogen-bond donors (Lipinski definition) is 2. The number of nitrogen functional groups attached to an aromatic ring is 1. The monoisotopic (exact) mass is 361 g/mol. The van der Waals surface area contributed by atoms with Crippen molar-refractivity contribution in [3.05, 3.63) is 47.9 Å². The van der Waals surface area contributed by atoms with Gasteiger partial charge in [0.1, 0.15) is 17.3 Å². The smallest absolute Gasteiger partial charge is 0.230 e. The molecule has 6 nitrogen and oxygen atoms in total. The lowest BCUT2D eigenvalue weighted by atomic mass is 10.0. The van der Waals surface area contributed by atoms with Crippen LogP contribution in [-0.4, -0.2) is 15.9 Å². The standard InChI is InChI=1S/C20H16FN5O/c1-10-4-2-3-5-12(10)18-17(21)14-7-16(24-9-15(14)19(23)26-18)25-20(27)13-6-11(13)8-22/h2-5,7,9,11,13H,6H2,1H3,(H2,23,26)(H,24,25,27)/t11-,13+/m1/s1. The quantitative estimate of drug-likeness (QED) is 0.744. The summed E-state index contributed by atoms with van der Waals surface area (Å²) in [6, 6.07) is 10.8. The number of anilines is 2. The van der Waals surface area contributed by atoms with Gasteiger partial charge in [0.25, 0.3) is 0 Å². The Morgan fingerprint density at radius 3 is 2.85 bits per heavy atom. The first kappa shape index (κ1) is 16.9. The topological polar surface area (TPSA) is 105 Å². The summed E-state index contributed by atoms with van der Waals surface area (Å²) in [5.41, 5.74) is 7.71. The molecular weight excluding hydrogens is 345 g/mol. The molecule has 1 aromatic carbocycles. The number of nitrogens with two attached hydrogens (primary N) is 1. The van der Waals surface area contributed by atoms with E-state index in [9.17, 15) is 4.79 Å². The summed E-state index contributed by atoms with van der Waals surface area (Å²) in [5, 5.41) is 12.1. The first-order valence-electron chi connectivity index (χ1n) is 8.50. The second-order valence-electron chi connectivity index (χ2n) is 6.66. The van der Waals surface area contributed by atoms with Crippen molar-refractivity contribution >= 4 is 28.3 Å². The SMILES string of the molecule is Cc1ccccc1-c1nc(N)c2cnc(NC(=O)[C@H]3C[C@@H]3C#N)cc2c1F. The summed E-state index contributed by atoms with van der Waals surface area (Å²) in [5.74, 6) is -1.00. The fourth-order valence-corrected chi connectivity index (χ4v) is 3.13. The molecule has 1 amide bonds. The maximum absolute atomic E-state index is 15.2. The molecule has 3 N–H and O–H groups in total. The van der Waals surface area contributed by atoms with Gasteiger partial charge in [-0.25, -0.2) is 14.4 Å². The zero-order chi connectivity index (χ0) is 19.1. The van der Waals surface area contributed by atoms with Gasteiger partial charge in [0.05, 0.1) is 17.9 Å². The van der Waals surface area contributed by atoms with E-state index in [1.165, 1.54) is 12.3 Å². The molecular formula is C20H16FN5O. The number of carbonyl (C=O) groups excluding carboxylic acids is 1. The van der Waals surface area contributed by atoms with Crippen LogP contribution in [0.25, 0.3) is 22.0 Å². The number of hydrogen-bond acceptors (Lipinski definition) is 5. The number of nitrogens with zero attached hydrogens (tertiary/aromatic N) is 3. The fourth-order valence-electron chi connectivity index (χ4n) is 3.13. The number of benzene rings is 1. The number of halogens is 1. The minimum absolute atomic E-state index is 0.160. The normalized spacial score (nSPS) is 18.1. The first-order valence-corrected chi connectivity index (χ1v) is 8.50. The van der Waals surface area contributed by atoms with Crippen LogP contribution in [0.1, 0.15) is 12.0 Å². The molecule has 4 rings (SSSR count). The molecule has 27 heavy (non-hydrogen) atoms. The van der Waals surface area contributed by atoms with Gasteiger partial charge in [0, 0.05) is 22.5 Å². The Labute approximate surface area is 154 Å². The Morgan fingerprint density at radius 1 is 1.37 bits per heavy atom. The van der Waals surface area contributed by atoms with Crippen LogP contribution in [0, 0.1) is 35.9 Å². The van der Waals surface area contributed by atoms with Gasteiger partial charge in [0.2, 0.25) is 5.91 Å². The summed E-state index contributed by atoms with van der Waals surface area (Å²) in [6.07, 6.45) is 1.94. The Bertz CT molecular complexity index is 1120. The van der Waals surface area contributed by atoms with E-state index in [1.807, 2.05) is 25.1 Å². The summed E-state index contributed by atoms with van der Waals surface area (Å²) >= 11 is 0. The maximum atomic E-state index is 15.2. The van der Waals surface area contributed by atoms with Crippen molar-refractivity contribution < 1.29 is 9.18 Å². The van der Waals surface area contributed by atoms with E-state index in [0.29, 0.717) is 17.4 Å². The molecule has 1 aliphatic carbocycles. The third-order valence-corrected chi connectivity index (χ3v) is 4.80. The predicted octanol–water partition coefficient (Wildman–Crippen LogP) is 3.42. The number of nitriles is 1. The Balaban J connectivity index is 1.76. The van der Waals surface area contributed by atoms with Crippen LogP contribution in [0.15, 0.2) is 36.5 Å². The molecule has 1 fully saturated rings. The largest absolute Gasteiger partial charge is 0.383 e. The minimum Gasteiger partial charge on any atom is -0.383 e. The van der Waals surface area contributed by atoms with E-state index in [1.54, 1.807) is 6.07 Å². The number of aryl methyl sites for hydroxylation is 1. The summed E-state index contributed by atoms with van der Waals surface area (Å²) in [6.45, 7) is 1.87. The van der Waals surface area contributed by atoms with Gasteiger partial charge in [-0.3, -0.25) is 4.79 Å². The lowest BCUT2D eigenvalue weighted by Crippen LogP contribution is -2.15. The van der Waals surface area contributed by atoms with Gasteiger partial charge in [-0.1, -0.05) is 24.3 Å². The van der Waals surface area contributed by atoms with Crippen LogP contribution in [0.5, 0.6) is 0 Å². The maximum Gasteiger partial charge on any atom is 0.230 e. The fraction of sp³-hybridized carbons (Fsp3) is 0.200. The molecule has 2 atom stereocenters. The molecule has 7 heteroatoms. The summed E-state index contributed by atoms with van der Waals surface area (Å²) in [7, 11) is 0. The van der Waals surface area contributed by atoms with Crippen molar-refractivity contribution in [2.24, 2.45) is 11.8 Å². The third-order valence-electron chi connectivity index (χ3n) is 4.80. The van der Waals surface area contributed by atoms with Crippen molar-refractivity contribution in [2.45, 2.75) is 13.3 Å². The van der Waals surface area contributed by atoms with E-state index >= 15 is 4.39 Å². The second kappa shape index (κ2) is 6.32. The molecule has 0 radical (unpaired) electrons. The van der Waals surface area contributed by atoms with Crippen molar-refractivity contribution in [1.29, 1.82) is 5.26 Å². The Morgan fingerprint density at radius 2 is 2.15 bits per heavy atom. The molecule has 0 saturated heterocycles. The molecule has 134 valence electrons. The molecule has 0 aliphatic heterocycles. The van der Waals surface area contributed by atoms with Gasteiger partial charge in [-0.05, 0) is 25.0 Å². The average molecular weight is 361 g/mol. The third kappa shape index (κ3) is 2.95. The Kier molecular flexibility index (Phi) is 3.96. The molecule has 0 unspecified atom stereocenters. The highest BCUT2D eigenvalue weighted by molar-refractivity contribution is 5.99. The molecule has 2 heterocycles. The highest BCUT2D eigenvalue weighted by Gasteiger charge is 2.43. The van der Waals surface area contributed by atoms with E-state index in [2.05, 4.69) is 21.4 Å². The van der Waals surface area contributed by atoms with Crippen LogP contribution in [0.2, 0.25) is 0 Å². The number of pyridine rings is 2. The lowest BCUT2D eigenvalue weighted by molar-refractivity contribution is -0.117. The van der Waals surface area contributed by atoms with Gasteiger partial charge < -0.3 is 11.1 Å². The number of fused-ring (bicyclic) bond motifs is 1. The van der Waals surface area contributed by atoms with Crippen LogP contribution in [0.3, 0.4) is 0 Å². The average Bonchev–Trinajstić information content (AvgIpc) is 3.45. The van der Waals surface area contributed by atoms with E-state index in [4.69, 9.17) is 11.0 Å². The van der Waals surface area contributed by atoms with Gasteiger partial charge in [-0.2, -0.15) is 5.26 Å². The molecule has 3 aromatic rings. The number of carbonyl (C=O) groups is 1. The first-order chi connectivity index (χ1) is 13.0. The zero-order valence-corrected chi connectivity index (χ0v) is 14.5. The van der Waals surface area contributed by atoms with E-state index < -0.39 is 5.82 Å². The van der Waals surface area contributed by atoms with Gasteiger partial charge >= 0.3 is 0 Å². The molecule has 2 aromatic heterocycles. The number of nitrogens with one attached hydrogen (secondary N) is 1. The van der Waals surface area contributed by atoms with Crippen LogP contribution >= 0.6 is 0 Å². The molecule has 0 bridgehead atoms. The Hall–Kier alpha value is -3.53. The molecule has 0 spiro atoms. The highest BCUT2D eigenvalue weighted by Crippen LogP contribution is 2.38. The molecule has 1 saturated carbocycles.